The smallest absolute Gasteiger partial charge is 0.319 e. The highest BCUT2D eigenvalue weighted by atomic mass is 32.1. The molecule has 0 unspecified atom stereocenters. The summed E-state index contributed by atoms with van der Waals surface area (Å²) in [5.41, 5.74) is 5.32. The normalized spacial score (nSPS) is 10.7. The molecule has 1 aromatic carbocycles. The van der Waals surface area contributed by atoms with Gasteiger partial charge in [0.1, 0.15) is 0 Å². The van der Waals surface area contributed by atoms with Gasteiger partial charge in [0.2, 0.25) is 5.82 Å². The largest absolute Gasteiger partial charge is 0.338 e. The number of aromatic nitrogens is 5. The Balaban J connectivity index is 1.61. The Hall–Kier alpha value is -2.81. The Morgan fingerprint density at radius 2 is 2.16 bits per heavy atom. The zero-order chi connectivity index (χ0) is 17.8. The summed E-state index contributed by atoms with van der Waals surface area (Å²) in [7, 11) is 1.71. The zero-order valence-corrected chi connectivity index (χ0v) is 15.1. The fourth-order valence-corrected chi connectivity index (χ4v) is 3.10. The zero-order valence-electron chi connectivity index (χ0n) is 14.3. The molecule has 0 bridgehead atoms. The Morgan fingerprint density at radius 1 is 1.32 bits per heavy atom. The van der Waals surface area contributed by atoms with Gasteiger partial charge in [-0.1, -0.05) is 12.1 Å². The molecule has 130 valence electrons. The fraction of sp³-hybridized carbons (Fsp3) is 0.312. The van der Waals surface area contributed by atoms with E-state index in [1.165, 1.54) is 9.67 Å². The van der Waals surface area contributed by atoms with Gasteiger partial charge in [-0.3, -0.25) is 0 Å². The topological polar surface area (TPSA) is 97.6 Å². The highest BCUT2D eigenvalue weighted by molar-refractivity contribution is 7.09. The number of aryl methyl sites for hydroxylation is 3. The van der Waals surface area contributed by atoms with Crippen molar-refractivity contribution in [2.75, 3.05) is 11.9 Å². The quantitative estimate of drug-likeness (QED) is 0.730. The van der Waals surface area contributed by atoms with Crippen molar-refractivity contribution in [3.8, 4) is 11.4 Å². The molecule has 0 radical (unpaired) electrons. The van der Waals surface area contributed by atoms with Crippen LogP contribution in [0.25, 0.3) is 11.4 Å². The highest BCUT2D eigenvalue weighted by Gasteiger charge is 2.10. The van der Waals surface area contributed by atoms with E-state index in [2.05, 4.69) is 31.0 Å². The first-order chi connectivity index (χ1) is 12.0. The van der Waals surface area contributed by atoms with Crippen LogP contribution in [0.2, 0.25) is 0 Å². The summed E-state index contributed by atoms with van der Waals surface area (Å²) in [6.07, 6.45) is 0.770. The molecule has 0 saturated carbocycles. The number of thiazole rings is 1. The number of amides is 2. The average Bonchev–Trinajstić information content (AvgIpc) is 3.18. The van der Waals surface area contributed by atoms with Crippen LogP contribution in [0, 0.1) is 13.8 Å². The van der Waals surface area contributed by atoms with Crippen molar-refractivity contribution in [1.82, 2.24) is 30.5 Å². The fourth-order valence-electron chi connectivity index (χ4n) is 2.32. The van der Waals surface area contributed by atoms with Gasteiger partial charge in [-0.2, -0.15) is 4.80 Å². The van der Waals surface area contributed by atoms with Crippen LogP contribution in [0.5, 0.6) is 0 Å². The molecular weight excluding hydrogens is 338 g/mol. The number of anilines is 1. The second-order valence-electron chi connectivity index (χ2n) is 5.62. The van der Waals surface area contributed by atoms with Crippen LogP contribution in [-0.4, -0.2) is 37.8 Å². The molecule has 0 aliphatic rings. The van der Waals surface area contributed by atoms with Crippen LogP contribution in [0.15, 0.2) is 23.7 Å². The lowest BCUT2D eigenvalue weighted by Crippen LogP contribution is -2.30. The van der Waals surface area contributed by atoms with Gasteiger partial charge in [0.25, 0.3) is 0 Å². The number of carbonyl (C=O) groups excluding carboxylic acids is 1. The minimum absolute atomic E-state index is 0.241. The highest BCUT2D eigenvalue weighted by Crippen LogP contribution is 2.22. The van der Waals surface area contributed by atoms with Gasteiger partial charge in [-0.25, -0.2) is 9.78 Å². The molecule has 9 heteroatoms. The molecule has 8 nitrogen and oxygen atoms in total. The van der Waals surface area contributed by atoms with Crippen LogP contribution >= 0.6 is 11.3 Å². The summed E-state index contributed by atoms with van der Waals surface area (Å²) >= 11 is 1.60. The van der Waals surface area contributed by atoms with E-state index in [0.717, 1.165) is 28.9 Å². The van der Waals surface area contributed by atoms with Gasteiger partial charge < -0.3 is 10.6 Å². The number of benzene rings is 1. The van der Waals surface area contributed by atoms with E-state index in [1.54, 1.807) is 18.4 Å². The van der Waals surface area contributed by atoms with E-state index in [9.17, 15) is 4.79 Å². The van der Waals surface area contributed by atoms with Crippen LogP contribution in [0.4, 0.5) is 10.5 Å². The maximum Gasteiger partial charge on any atom is 0.319 e. The Labute approximate surface area is 149 Å². The number of tetrazole rings is 1. The van der Waals surface area contributed by atoms with E-state index < -0.39 is 0 Å². The molecule has 2 aromatic heterocycles. The maximum atomic E-state index is 12.1. The van der Waals surface area contributed by atoms with Crippen LogP contribution in [-0.2, 0) is 13.5 Å². The molecular formula is C16H19N7OS. The first kappa shape index (κ1) is 17.0. The number of nitrogens with one attached hydrogen (secondary N) is 2. The number of hydrogen-bond acceptors (Lipinski definition) is 6. The summed E-state index contributed by atoms with van der Waals surface area (Å²) in [4.78, 5) is 18.9. The third-order valence-corrected chi connectivity index (χ3v) is 4.73. The first-order valence-electron chi connectivity index (χ1n) is 7.82. The Kier molecular flexibility index (Phi) is 5.03. The molecule has 25 heavy (non-hydrogen) atoms. The van der Waals surface area contributed by atoms with E-state index in [4.69, 9.17) is 0 Å². The van der Waals surface area contributed by atoms with Crippen molar-refractivity contribution in [3.05, 3.63) is 39.8 Å². The van der Waals surface area contributed by atoms with Gasteiger partial charge in [0, 0.05) is 29.1 Å². The third kappa shape index (κ3) is 4.18. The third-order valence-electron chi connectivity index (χ3n) is 3.73. The number of urea groups is 1. The van der Waals surface area contributed by atoms with E-state index >= 15 is 0 Å². The second-order valence-corrected chi connectivity index (χ2v) is 6.56. The molecule has 3 aromatic rings. The van der Waals surface area contributed by atoms with Crippen molar-refractivity contribution in [2.45, 2.75) is 20.3 Å². The maximum absolute atomic E-state index is 12.1. The number of nitrogens with zero attached hydrogens (tertiary/aromatic N) is 5. The molecule has 0 atom stereocenters. The Bertz CT molecular complexity index is 886. The van der Waals surface area contributed by atoms with E-state index in [1.807, 2.05) is 37.6 Å². The second kappa shape index (κ2) is 7.39. The standard InChI is InChI=1S/C16H19N7OS/c1-10-4-5-12(15-20-22-23(3)21-15)8-13(10)19-16(24)17-7-6-14-11(2)18-9-25-14/h4-5,8-9H,6-7H2,1-3H3,(H2,17,19,24). The predicted molar refractivity (Wildman–Crippen MR) is 96.5 cm³/mol. The van der Waals surface area contributed by atoms with E-state index in [-0.39, 0.29) is 6.03 Å². The van der Waals surface area contributed by atoms with Gasteiger partial charge in [0.05, 0.1) is 18.3 Å². The summed E-state index contributed by atoms with van der Waals surface area (Å²) < 4.78 is 0. The van der Waals surface area contributed by atoms with Crippen molar-refractivity contribution >= 4 is 23.1 Å². The lowest BCUT2D eigenvalue weighted by Gasteiger charge is -2.10. The minimum atomic E-state index is -0.241. The van der Waals surface area contributed by atoms with Crippen LogP contribution in [0.1, 0.15) is 16.1 Å². The summed E-state index contributed by atoms with van der Waals surface area (Å²) in [6, 6.07) is 5.43. The van der Waals surface area contributed by atoms with Gasteiger partial charge in [0.15, 0.2) is 0 Å². The number of hydrogen-bond donors (Lipinski definition) is 2. The molecule has 0 fully saturated rings. The van der Waals surface area contributed by atoms with Gasteiger partial charge in [-0.15, -0.1) is 21.5 Å². The molecule has 0 aliphatic carbocycles. The molecule has 0 saturated heterocycles. The van der Waals surface area contributed by atoms with Gasteiger partial charge in [-0.05, 0) is 30.7 Å². The molecule has 3 rings (SSSR count). The molecule has 2 N–H and O–H groups in total. The number of rotatable bonds is 5. The van der Waals surface area contributed by atoms with Gasteiger partial charge >= 0.3 is 6.03 Å². The number of carbonyl (C=O) groups is 1. The summed E-state index contributed by atoms with van der Waals surface area (Å²) in [5, 5.41) is 17.7. The van der Waals surface area contributed by atoms with Crippen molar-refractivity contribution in [2.24, 2.45) is 7.05 Å². The average molecular weight is 357 g/mol. The van der Waals surface area contributed by atoms with Crippen LogP contribution < -0.4 is 10.6 Å². The SMILES string of the molecule is Cc1ccc(-c2nnn(C)n2)cc1NC(=O)NCCc1scnc1C. The monoisotopic (exact) mass is 357 g/mol. The van der Waals surface area contributed by atoms with Crippen molar-refractivity contribution in [3.63, 3.8) is 0 Å². The van der Waals surface area contributed by atoms with Crippen LogP contribution in [0.3, 0.4) is 0 Å². The van der Waals surface area contributed by atoms with Crippen molar-refractivity contribution < 1.29 is 4.79 Å². The van der Waals surface area contributed by atoms with E-state index in [0.29, 0.717) is 12.4 Å². The minimum Gasteiger partial charge on any atom is -0.338 e. The summed E-state index contributed by atoms with van der Waals surface area (Å²) in [6.45, 7) is 4.46. The molecule has 0 spiro atoms. The lowest BCUT2D eigenvalue weighted by molar-refractivity contribution is 0.252. The van der Waals surface area contributed by atoms with Crippen molar-refractivity contribution in [1.29, 1.82) is 0 Å². The molecule has 0 aliphatic heterocycles. The predicted octanol–water partition coefficient (Wildman–Crippen LogP) is 2.31. The first-order valence-corrected chi connectivity index (χ1v) is 8.69. The molecule has 2 heterocycles. The Morgan fingerprint density at radius 3 is 2.84 bits per heavy atom. The molecule has 2 amide bonds. The summed E-state index contributed by atoms with van der Waals surface area (Å²) in [5.74, 6) is 0.520. The lowest BCUT2D eigenvalue weighted by atomic mass is 10.1.